The maximum absolute atomic E-state index is 13.2. The third kappa shape index (κ3) is 4.52. The number of rotatable bonds is 7. The minimum Gasteiger partial charge on any atom is -0.369 e. The predicted molar refractivity (Wildman–Crippen MR) is 128 cm³/mol. The van der Waals surface area contributed by atoms with Gasteiger partial charge in [-0.05, 0) is 41.5 Å². The summed E-state index contributed by atoms with van der Waals surface area (Å²) in [6.45, 7) is 5.30. The van der Waals surface area contributed by atoms with Gasteiger partial charge in [-0.1, -0.05) is 49.4 Å². The van der Waals surface area contributed by atoms with Crippen LogP contribution in [0.3, 0.4) is 0 Å². The molecule has 0 radical (unpaired) electrons. The SMILES string of the molecule is CCc1cc(CN2CC3(C2)CN(S(=O)(=O)C2CC2)C3)ccc1-c1ccc(C(O)(C(F)(F)F)C(F)(F)F)cc1. The molecule has 0 atom stereocenters. The summed E-state index contributed by atoms with van der Waals surface area (Å²) in [5, 5.41) is 9.42. The van der Waals surface area contributed by atoms with E-state index in [0.717, 1.165) is 49.2 Å². The molecule has 3 aliphatic rings. The van der Waals surface area contributed by atoms with E-state index >= 15 is 0 Å². The van der Waals surface area contributed by atoms with Gasteiger partial charge in [0.15, 0.2) is 0 Å². The van der Waals surface area contributed by atoms with Crippen LogP contribution in [0.1, 0.15) is 36.5 Å². The third-order valence-corrected chi connectivity index (χ3v) is 10.1. The van der Waals surface area contributed by atoms with Crippen LogP contribution < -0.4 is 0 Å². The van der Waals surface area contributed by atoms with Crippen molar-refractivity contribution in [2.75, 3.05) is 26.2 Å². The summed E-state index contributed by atoms with van der Waals surface area (Å²) in [7, 11) is -3.13. The molecule has 2 aliphatic heterocycles. The van der Waals surface area contributed by atoms with Gasteiger partial charge >= 0.3 is 12.4 Å². The molecule has 2 saturated heterocycles. The molecule has 2 heterocycles. The van der Waals surface area contributed by atoms with Crippen LogP contribution in [0, 0.1) is 5.41 Å². The van der Waals surface area contributed by atoms with Gasteiger partial charge < -0.3 is 5.11 Å². The van der Waals surface area contributed by atoms with Crippen molar-refractivity contribution in [3.05, 3.63) is 59.2 Å². The first-order valence-electron chi connectivity index (χ1n) is 12.4. The van der Waals surface area contributed by atoms with Crippen LogP contribution in [-0.4, -0.2) is 66.5 Å². The first-order valence-corrected chi connectivity index (χ1v) is 13.9. The Bertz CT molecular complexity index is 1290. The predicted octanol–water partition coefficient (Wildman–Crippen LogP) is 4.84. The topological polar surface area (TPSA) is 60.9 Å². The number of alkyl halides is 6. The van der Waals surface area contributed by atoms with Gasteiger partial charge in [0.25, 0.3) is 5.60 Å². The van der Waals surface area contributed by atoms with Crippen molar-refractivity contribution in [3.8, 4) is 11.1 Å². The van der Waals surface area contributed by atoms with Gasteiger partial charge in [-0.15, -0.1) is 0 Å². The van der Waals surface area contributed by atoms with Gasteiger partial charge in [0.05, 0.1) is 5.25 Å². The summed E-state index contributed by atoms with van der Waals surface area (Å²) in [6, 6.07) is 9.28. The maximum Gasteiger partial charge on any atom is 0.430 e. The number of likely N-dealkylation sites (tertiary alicyclic amines) is 1. The van der Waals surface area contributed by atoms with Gasteiger partial charge in [-0.3, -0.25) is 4.90 Å². The number of sulfonamides is 1. The molecule has 0 bridgehead atoms. The first-order chi connectivity index (χ1) is 17.6. The monoisotopic (exact) mass is 562 g/mol. The van der Waals surface area contributed by atoms with Crippen LogP contribution in [0.15, 0.2) is 42.5 Å². The molecular formula is C26H28F6N2O3S. The van der Waals surface area contributed by atoms with E-state index in [0.29, 0.717) is 49.3 Å². The van der Waals surface area contributed by atoms with E-state index in [-0.39, 0.29) is 10.7 Å². The molecule has 2 aromatic rings. The number of aliphatic hydroxyl groups is 1. The molecular weight excluding hydrogens is 534 g/mol. The average Bonchev–Trinajstić information content (AvgIpc) is 3.63. The number of benzene rings is 2. The third-order valence-electron chi connectivity index (χ3n) is 7.84. The zero-order chi connectivity index (χ0) is 27.7. The van der Waals surface area contributed by atoms with E-state index in [1.54, 1.807) is 10.4 Å². The summed E-state index contributed by atoms with van der Waals surface area (Å²) >= 11 is 0. The van der Waals surface area contributed by atoms with E-state index in [1.807, 2.05) is 19.1 Å². The summed E-state index contributed by atoms with van der Waals surface area (Å²) in [5.74, 6) is 0. The molecule has 0 unspecified atom stereocenters. The molecule has 38 heavy (non-hydrogen) atoms. The van der Waals surface area contributed by atoms with Crippen LogP contribution in [-0.2, 0) is 28.6 Å². The van der Waals surface area contributed by atoms with Crippen molar-refractivity contribution in [2.24, 2.45) is 5.41 Å². The minimum absolute atomic E-state index is 0.0198. The van der Waals surface area contributed by atoms with Gasteiger partial charge in [0.1, 0.15) is 0 Å². The second kappa shape index (κ2) is 8.94. The van der Waals surface area contributed by atoms with E-state index in [9.17, 15) is 39.9 Å². The summed E-state index contributed by atoms with van der Waals surface area (Å²) in [6.07, 6.45) is -9.76. The van der Waals surface area contributed by atoms with E-state index in [2.05, 4.69) is 4.90 Å². The smallest absolute Gasteiger partial charge is 0.369 e. The average molecular weight is 563 g/mol. The lowest BCUT2D eigenvalue weighted by atomic mass is 9.74. The molecule has 5 nitrogen and oxygen atoms in total. The fourth-order valence-corrected chi connectivity index (χ4v) is 7.69. The Kier molecular flexibility index (Phi) is 6.45. The Hall–Kier alpha value is -2.15. The van der Waals surface area contributed by atoms with Crippen LogP contribution in [0.25, 0.3) is 11.1 Å². The lowest BCUT2D eigenvalue weighted by molar-refractivity contribution is -0.376. The van der Waals surface area contributed by atoms with Gasteiger partial charge in [0.2, 0.25) is 10.0 Å². The molecule has 0 aromatic heterocycles. The molecule has 1 saturated carbocycles. The van der Waals surface area contributed by atoms with Gasteiger partial charge in [-0.2, -0.15) is 26.3 Å². The molecule has 1 N–H and O–H groups in total. The summed E-state index contributed by atoms with van der Waals surface area (Å²) in [4.78, 5) is 2.24. The largest absolute Gasteiger partial charge is 0.430 e. The van der Waals surface area contributed by atoms with Crippen LogP contribution in [0.2, 0.25) is 0 Å². The molecule has 12 heteroatoms. The van der Waals surface area contributed by atoms with Crippen LogP contribution in [0.4, 0.5) is 26.3 Å². The first kappa shape index (κ1) is 27.4. The van der Waals surface area contributed by atoms with E-state index < -0.39 is 33.5 Å². The molecule has 3 fully saturated rings. The zero-order valence-electron chi connectivity index (χ0n) is 20.6. The van der Waals surface area contributed by atoms with Crippen molar-refractivity contribution in [1.82, 2.24) is 9.21 Å². The van der Waals surface area contributed by atoms with E-state index in [4.69, 9.17) is 0 Å². The van der Waals surface area contributed by atoms with Crippen LogP contribution in [0.5, 0.6) is 0 Å². The summed E-state index contributed by atoms with van der Waals surface area (Å²) in [5.41, 5.74) is -3.19. The highest BCUT2D eigenvalue weighted by Gasteiger charge is 2.71. The Morgan fingerprint density at radius 2 is 1.50 bits per heavy atom. The standard InChI is InChI=1S/C26H28F6N2O3S/c1-2-18-11-17(12-33-13-23(14-33)15-34(16-23)38(36,37)21-8-9-21)3-10-22(18)19-4-6-20(7-5-19)24(35,25(27,28)29)26(30,31)32/h3-7,10-11,21,35H,2,8-9,12-16H2,1H3. The van der Waals surface area contributed by atoms with Crippen LogP contribution >= 0.6 is 0 Å². The zero-order valence-corrected chi connectivity index (χ0v) is 21.4. The van der Waals surface area contributed by atoms with Gasteiger partial charge in [-0.25, -0.2) is 12.7 Å². The summed E-state index contributed by atoms with van der Waals surface area (Å²) < 4.78 is 105. The minimum atomic E-state index is -5.93. The molecule has 5 rings (SSSR count). The second-order valence-electron chi connectivity index (χ2n) is 10.8. The van der Waals surface area contributed by atoms with Crippen molar-refractivity contribution in [2.45, 2.75) is 55.9 Å². The highest BCUT2D eigenvalue weighted by Crippen LogP contribution is 2.50. The fourth-order valence-electron chi connectivity index (χ4n) is 5.63. The van der Waals surface area contributed by atoms with Crippen molar-refractivity contribution in [1.29, 1.82) is 0 Å². The lowest BCUT2D eigenvalue weighted by Crippen LogP contribution is -2.72. The van der Waals surface area contributed by atoms with E-state index in [1.165, 1.54) is 0 Å². The quantitative estimate of drug-likeness (QED) is 0.491. The molecule has 208 valence electrons. The molecule has 1 spiro atoms. The molecule has 2 aromatic carbocycles. The highest BCUT2D eigenvalue weighted by molar-refractivity contribution is 7.90. The Balaban J connectivity index is 1.26. The highest BCUT2D eigenvalue weighted by atomic mass is 32.2. The number of hydrogen-bond donors (Lipinski definition) is 1. The van der Waals surface area contributed by atoms with Gasteiger partial charge in [0, 0.05) is 43.7 Å². The Labute approximate surface area is 217 Å². The number of hydrogen-bond acceptors (Lipinski definition) is 4. The fraction of sp³-hybridized carbons (Fsp3) is 0.538. The normalized spacial score (nSPS) is 20.8. The molecule has 1 aliphatic carbocycles. The number of halogens is 6. The van der Waals surface area contributed by atoms with Crippen molar-refractivity contribution >= 4 is 10.0 Å². The second-order valence-corrected chi connectivity index (χ2v) is 13.0. The number of nitrogens with zero attached hydrogens (tertiary/aromatic N) is 2. The Morgan fingerprint density at radius 1 is 0.921 bits per heavy atom. The molecule has 0 amide bonds. The lowest BCUT2D eigenvalue weighted by Gasteiger charge is -2.59. The maximum atomic E-state index is 13.2. The van der Waals surface area contributed by atoms with Crippen molar-refractivity contribution < 1.29 is 39.9 Å². The number of aryl methyl sites for hydroxylation is 1. The Morgan fingerprint density at radius 3 is 2.00 bits per heavy atom. The van der Waals surface area contributed by atoms with Crippen molar-refractivity contribution in [3.63, 3.8) is 0 Å².